The lowest BCUT2D eigenvalue weighted by Gasteiger charge is -2.22. The van der Waals surface area contributed by atoms with E-state index >= 15 is 0 Å². The summed E-state index contributed by atoms with van der Waals surface area (Å²) in [4.78, 5) is 20.0. The van der Waals surface area contributed by atoms with Gasteiger partial charge in [0.05, 0.1) is 11.0 Å². The molecule has 6 aromatic carbocycles. The van der Waals surface area contributed by atoms with Crippen LogP contribution in [0.25, 0.3) is 73.4 Å². The Bertz CT molecular complexity index is 2410. The Balaban J connectivity index is 1.16. The summed E-state index contributed by atoms with van der Waals surface area (Å²) in [5.41, 5.74) is 11.9. The maximum atomic E-state index is 5.14. The van der Waals surface area contributed by atoms with Crippen molar-refractivity contribution in [3.8, 4) is 62.4 Å². The van der Waals surface area contributed by atoms with Gasteiger partial charge in [0.25, 0.3) is 0 Å². The van der Waals surface area contributed by atoms with Gasteiger partial charge in [-0.15, -0.1) is 0 Å². The molecule has 1 aliphatic rings. The molecule has 0 saturated carbocycles. The highest BCUT2D eigenvalue weighted by Gasteiger charge is 2.36. The average molecular weight is 618 g/mol. The second-order valence-corrected chi connectivity index (χ2v) is 12.8. The third kappa shape index (κ3) is 4.55. The lowest BCUT2D eigenvalue weighted by Crippen LogP contribution is -2.15. The maximum Gasteiger partial charge on any atom is 0.164 e. The van der Waals surface area contributed by atoms with E-state index < -0.39 is 0 Å². The molecule has 0 unspecified atom stereocenters. The van der Waals surface area contributed by atoms with Crippen LogP contribution in [-0.2, 0) is 5.41 Å². The molecule has 0 spiro atoms. The number of fused-ring (bicyclic) bond motifs is 4. The highest BCUT2D eigenvalue weighted by atomic mass is 15.1. The number of imidazole rings is 1. The molecule has 48 heavy (non-hydrogen) atoms. The van der Waals surface area contributed by atoms with Crippen LogP contribution in [0.4, 0.5) is 0 Å². The molecule has 228 valence electrons. The largest absolute Gasteiger partial charge is 0.292 e. The lowest BCUT2D eigenvalue weighted by atomic mass is 9.81. The summed E-state index contributed by atoms with van der Waals surface area (Å²) < 4.78 is 2.26. The molecule has 2 heterocycles. The van der Waals surface area contributed by atoms with E-state index in [9.17, 15) is 0 Å². The fourth-order valence-electron chi connectivity index (χ4n) is 7.01. The first-order valence-corrected chi connectivity index (χ1v) is 16.2. The Hall–Kier alpha value is -6.20. The molecule has 0 fully saturated rings. The minimum atomic E-state index is -0.252. The number of aromatic nitrogens is 5. The second-order valence-electron chi connectivity index (χ2n) is 12.8. The highest BCUT2D eigenvalue weighted by Crippen LogP contribution is 2.50. The molecule has 5 heteroatoms. The van der Waals surface area contributed by atoms with Crippen molar-refractivity contribution in [3.63, 3.8) is 0 Å². The monoisotopic (exact) mass is 617 g/mol. The predicted octanol–water partition coefficient (Wildman–Crippen LogP) is 10.2. The van der Waals surface area contributed by atoms with Gasteiger partial charge >= 0.3 is 0 Å². The van der Waals surface area contributed by atoms with Gasteiger partial charge in [-0.3, -0.25) is 4.57 Å². The number of para-hydroxylation sites is 3. The SMILES string of the molecule is CC1(C)c2cc(-c3nc(-c4ccccc4)nc(-c4ccccc4)n3)ccc2-c2ccc(-c3nc4ccccc4n3-c3ccccc3)cc21. The van der Waals surface area contributed by atoms with Crippen LogP contribution in [0.5, 0.6) is 0 Å². The van der Waals surface area contributed by atoms with Crippen molar-refractivity contribution in [2.24, 2.45) is 0 Å². The Kier molecular flexibility index (Phi) is 6.40. The molecule has 1 aliphatic carbocycles. The zero-order valence-corrected chi connectivity index (χ0v) is 26.7. The molecule has 0 saturated heterocycles. The molecular formula is C43H31N5. The molecule has 8 aromatic rings. The molecule has 0 aliphatic heterocycles. The van der Waals surface area contributed by atoms with E-state index in [-0.39, 0.29) is 5.41 Å². The summed E-state index contributed by atoms with van der Waals surface area (Å²) >= 11 is 0. The van der Waals surface area contributed by atoms with E-state index in [4.69, 9.17) is 19.9 Å². The van der Waals surface area contributed by atoms with Gasteiger partial charge in [-0.2, -0.15) is 0 Å². The fourth-order valence-corrected chi connectivity index (χ4v) is 7.01. The van der Waals surface area contributed by atoms with Gasteiger partial charge in [0.15, 0.2) is 17.5 Å². The summed E-state index contributed by atoms with van der Waals surface area (Å²) in [6, 6.07) is 52.5. The van der Waals surface area contributed by atoms with Gasteiger partial charge in [0, 0.05) is 33.4 Å². The second kappa shape index (κ2) is 11.0. The van der Waals surface area contributed by atoms with Crippen molar-refractivity contribution in [3.05, 3.63) is 163 Å². The van der Waals surface area contributed by atoms with E-state index in [2.05, 4.69) is 97.3 Å². The normalized spacial score (nSPS) is 13.0. The first-order chi connectivity index (χ1) is 23.5. The van der Waals surface area contributed by atoms with Crippen molar-refractivity contribution < 1.29 is 0 Å². The van der Waals surface area contributed by atoms with Gasteiger partial charge in [-0.1, -0.05) is 129 Å². The van der Waals surface area contributed by atoms with Crippen molar-refractivity contribution >= 4 is 11.0 Å². The van der Waals surface area contributed by atoms with Crippen molar-refractivity contribution in [2.75, 3.05) is 0 Å². The van der Waals surface area contributed by atoms with E-state index in [1.54, 1.807) is 0 Å². The maximum absolute atomic E-state index is 5.14. The van der Waals surface area contributed by atoms with Crippen LogP contribution in [0, 0.1) is 0 Å². The van der Waals surface area contributed by atoms with E-state index in [0.29, 0.717) is 17.5 Å². The van der Waals surface area contributed by atoms with Crippen molar-refractivity contribution in [1.29, 1.82) is 0 Å². The van der Waals surface area contributed by atoms with Gasteiger partial charge < -0.3 is 0 Å². The highest BCUT2D eigenvalue weighted by molar-refractivity contribution is 5.87. The average Bonchev–Trinajstić information content (AvgIpc) is 3.65. The summed E-state index contributed by atoms with van der Waals surface area (Å²) in [6.45, 7) is 4.62. The number of nitrogens with zero attached hydrogens (tertiary/aromatic N) is 5. The van der Waals surface area contributed by atoms with Gasteiger partial charge in [-0.25, -0.2) is 19.9 Å². The van der Waals surface area contributed by atoms with Crippen LogP contribution in [0.15, 0.2) is 152 Å². The number of hydrogen-bond donors (Lipinski definition) is 0. The van der Waals surface area contributed by atoms with Gasteiger partial charge in [-0.05, 0) is 58.7 Å². The standard InChI is InChI=1S/C43H31N5/c1-43(2)35-26-30(41-46-39(28-14-6-3-7-15-28)45-40(47-41)29-16-8-4-9-17-29)22-24-33(35)34-25-23-31(27-36(34)43)42-44-37-20-12-13-21-38(37)48(42)32-18-10-5-11-19-32/h3-27H,1-2H3. The Morgan fingerprint density at radius 1 is 0.438 bits per heavy atom. The lowest BCUT2D eigenvalue weighted by molar-refractivity contribution is 0.660. The van der Waals surface area contributed by atoms with Crippen LogP contribution in [0.1, 0.15) is 25.0 Å². The first kappa shape index (κ1) is 28.1. The van der Waals surface area contributed by atoms with E-state index in [1.807, 2.05) is 72.8 Å². The molecule has 5 nitrogen and oxygen atoms in total. The number of hydrogen-bond acceptors (Lipinski definition) is 4. The van der Waals surface area contributed by atoms with E-state index in [0.717, 1.165) is 44.8 Å². The molecule has 0 bridgehead atoms. The molecular weight excluding hydrogens is 587 g/mol. The first-order valence-electron chi connectivity index (χ1n) is 16.2. The number of rotatable bonds is 5. The molecule has 9 rings (SSSR count). The Morgan fingerprint density at radius 2 is 0.917 bits per heavy atom. The van der Waals surface area contributed by atoms with Crippen LogP contribution < -0.4 is 0 Å². The van der Waals surface area contributed by atoms with Gasteiger partial charge in [0.1, 0.15) is 5.82 Å². The molecule has 2 aromatic heterocycles. The minimum Gasteiger partial charge on any atom is -0.292 e. The van der Waals surface area contributed by atoms with Crippen LogP contribution in [0.2, 0.25) is 0 Å². The fraction of sp³-hybridized carbons (Fsp3) is 0.0698. The van der Waals surface area contributed by atoms with Crippen LogP contribution >= 0.6 is 0 Å². The van der Waals surface area contributed by atoms with Crippen molar-refractivity contribution in [2.45, 2.75) is 19.3 Å². The smallest absolute Gasteiger partial charge is 0.164 e. The Morgan fingerprint density at radius 3 is 1.52 bits per heavy atom. The quantitative estimate of drug-likeness (QED) is 0.193. The molecule has 0 atom stereocenters. The van der Waals surface area contributed by atoms with E-state index in [1.165, 1.54) is 22.3 Å². The minimum absolute atomic E-state index is 0.252. The van der Waals surface area contributed by atoms with Gasteiger partial charge in [0.2, 0.25) is 0 Å². The van der Waals surface area contributed by atoms with Crippen LogP contribution in [0.3, 0.4) is 0 Å². The van der Waals surface area contributed by atoms with Crippen molar-refractivity contribution in [1.82, 2.24) is 24.5 Å². The summed E-state index contributed by atoms with van der Waals surface area (Å²) in [6.07, 6.45) is 0. The summed E-state index contributed by atoms with van der Waals surface area (Å²) in [5, 5.41) is 0. The zero-order chi connectivity index (χ0) is 32.2. The Labute approximate surface area is 279 Å². The zero-order valence-electron chi connectivity index (χ0n) is 26.7. The third-order valence-electron chi connectivity index (χ3n) is 9.47. The topological polar surface area (TPSA) is 56.5 Å². The molecule has 0 N–H and O–H groups in total. The third-order valence-corrected chi connectivity index (χ3v) is 9.47. The van der Waals surface area contributed by atoms with Crippen LogP contribution in [-0.4, -0.2) is 24.5 Å². The predicted molar refractivity (Wildman–Crippen MR) is 194 cm³/mol. The number of benzene rings is 6. The summed E-state index contributed by atoms with van der Waals surface area (Å²) in [5.74, 6) is 2.92. The summed E-state index contributed by atoms with van der Waals surface area (Å²) in [7, 11) is 0. The molecule has 0 radical (unpaired) electrons. The molecule has 0 amide bonds.